The van der Waals surface area contributed by atoms with Crippen LogP contribution in [0.3, 0.4) is 0 Å². The van der Waals surface area contributed by atoms with E-state index >= 15 is 0 Å². The number of allylic oxidation sites excluding steroid dienone is 1. The van der Waals surface area contributed by atoms with Crippen LogP contribution in [0.4, 0.5) is 10.1 Å². The molecule has 2 N–H and O–H groups in total. The van der Waals surface area contributed by atoms with Gasteiger partial charge in [-0.05, 0) is 49.6 Å². The third kappa shape index (κ3) is 4.89. The summed E-state index contributed by atoms with van der Waals surface area (Å²) in [5.74, 6) is -1.26. The lowest BCUT2D eigenvalue weighted by Crippen LogP contribution is -2.31. The molecule has 3 rings (SSSR count). The lowest BCUT2D eigenvalue weighted by Gasteiger charge is -2.25. The minimum Gasteiger partial charge on any atom is -0.325 e. The molecule has 0 spiro atoms. The Labute approximate surface area is 179 Å². The first-order chi connectivity index (χ1) is 14.3. The molecule has 2 amide bonds. The number of aryl methyl sites for hydroxylation is 3. The summed E-state index contributed by atoms with van der Waals surface area (Å²) >= 11 is 1.12. The zero-order valence-corrected chi connectivity index (χ0v) is 17.8. The van der Waals surface area contributed by atoms with Crippen LogP contribution in [-0.2, 0) is 9.59 Å². The van der Waals surface area contributed by atoms with Gasteiger partial charge in [-0.25, -0.2) is 4.39 Å². The molecule has 2 aromatic carbocycles. The number of benzene rings is 2. The average Bonchev–Trinajstić information content (AvgIpc) is 2.69. The highest BCUT2D eigenvalue weighted by molar-refractivity contribution is 8.03. The Hall–Kier alpha value is -3.11. The van der Waals surface area contributed by atoms with Gasteiger partial charge in [0.25, 0.3) is 0 Å². The smallest absolute Gasteiger partial charge is 0.234 e. The van der Waals surface area contributed by atoms with Gasteiger partial charge in [0.2, 0.25) is 11.8 Å². The van der Waals surface area contributed by atoms with Gasteiger partial charge in [0.15, 0.2) is 0 Å². The topological polar surface area (TPSA) is 82.0 Å². The van der Waals surface area contributed by atoms with Gasteiger partial charge in [-0.3, -0.25) is 9.59 Å². The minimum atomic E-state index is -0.462. The highest BCUT2D eigenvalue weighted by atomic mass is 32.2. The first-order valence-corrected chi connectivity index (χ1v) is 10.5. The van der Waals surface area contributed by atoms with E-state index in [2.05, 4.69) is 16.7 Å². The number of anilines is 1. The molecule has 2 aromatic rings. The van der Waals surface area contributed by atoms with E-state index in [1.165, 1.54) is 12.1 Å². The van der Waals surface area contributed by atoms with Gasteiger partial charge in [0.1, 0.15) is 5.82 Å². The Morgan fingerprint density at radius 2 is 1.87 bits per heavy atom. The summed E-state index contributed by atoms with van der Waals surface area (Å²) < 4.78 is 13.2. The third-order valence-corrected chi connectivity index (χ3v) is 5.93. The van der Waals surface area contributed by atoms with Crippen LogP contribution in [0.15, 0.2) is 47.0 Å². The normalized spacial score (nSPS) is 16.1. The second kappa shape index (κ2) is 9.14. The Bertz CT molecular complexity index is 1050. The molecule has 0 bridgehead atoms. The van der Waals surface area contributed by atoms with E-state index in [-0.39, 0.29) is 29.8 Å². The summed E-state index contributed by atoms with van der Waals surface area (Å²) in [4.78, 5) is 24.7. The van der Waals surface area contributed by atoms with Crippen molar-refractivity contribution in [1.82, 2.24) is 5.32 Å². The van der Waals surface area contributed by atoms with Crippen LogP contribution < -0.4 is 10.6 Å². The minimum absolute atomic E-state index is 0.0453. The molecule has 0 radical (unpaired) electrons. The fourth-order valence-corrected chi connectivity index (χ4v) is 4.48. The molecule has 1 aliphatic rings. The van der Waals surface area contributed by atoms with E-state index < -0.39 is 5.92 Å². The van der Waals surface area contributed by atoms with Crippen LogP contribution in [0.2, 0.25) is 0 Å². The number of nitrogens with zero attached hydrogens (tertiary/aromatic N) is 1. The van der Waals surface area contributed by atoms with Crippen LogP contribution in [0.5, 0.6) is 0 Å². The molecule has 0 aromatic heterocycles. The second-order valence-electron chi connectivity index (χ2n) is 7.32. The number of hydrogen-bond donors (Lipinski definition) is 2. The molecular weight excluding hydrogens is 401 g/mol. The predicted octanol–water partition coefficient (Wildman–Crippen LogP) is 4.46. The van der Waals surface area contributed by atoms with Crippen LogP contribution in [0.1, 0.15) is 34.6 Å². The largest absolute Gasteiger partial charge is 0.325 e. The van der Waals surface area contributed by atoms with Gasteiger partial charge in [0, 0.05) is 18.0 Å². The highest BCUT2D eigenvalue weighted by Crippen LogP contribution is 2.36. The molecule has 1 aliphatic heterocycles. The SMILES string of the molecule is Cc1cc(C)c(NC(=O)CSC2=C(C#N)[C@H](c3ccc(F)cc3)CC(=O)N2)c(C)c1. The quantitative estimate of drug-likeness (QED) is 0.744. The molecular formula is C23H22FN3O2S. The number of halogens is 1. The zero-order chi connectivity index (χ0) is 21.8. The van der Waals surface area contributed by atoms with Gasteiger partial charge in [-0.15, -0.1) is 0 Å². The van der Waals surface area contributed by atoms with Crippen LogP contribution in [0, 0.1) is 37.9 Å². The molecule has 0 aliphatic carbocycles. The van der Waals surface area contributed by atoms with Gasteiger partial charge < -0.3 is 10.6 Å². The van der Waals surface area contributed by atoms with Crippen molar-refractivity contribution in [2.45, 2.75) is 33.1 Å². The van der Waals surface area contributed by atoms with Crippen LogP contribution >= 0.6 is 11.8 Å². The molecule has 5 nitrogen and oxygen atoms in total. The van der Waals surface area contributed by atoms with Gasteiger partial charge in [-0.2, -0.15) is 5.26 Å². The van der Waals surface area contributed by atoms with E-state index in [0.29, 0.717) is 16.2 Å². The summed E-state index contributed by atoms with van der Waals surface area (Å²) in [7, 11) is 0. The number of nitriles is 1. The number of thioether (sulfide) groups is 1. The lowest BCUT2D eigenvalue weighted by atomic mass is 9.87. The van der Waals surface area contributed by atoms with Crippen molar-refractivity contribution < 1.29 is 14.0 Å². The fourth-order valence-electron chi connectivity index (χ4n) is 3.60. The zero-order valence-electron chi connectivity index (χ0n) is 17.0. The molecule has 0 saturated heterocycles. The van der Waals surface area contributed by atoms with Crippen LogP contribution in [-0.4, -0.2) is 17.6 Å². The number of carbonyl (C=O) groups is 2. The van der Waals surface area contributed by atoms with Crippen molar-refractivity contribution in [3.05, 3.63) is 75.1 Å². The Morgan fingerprint density at radius 1 is 1.23 bits per heavy atom. The van der Waals surface area contributed by atoms with Crippen molar-refractivity contribution in [1.29, 1.82) is 5.26 Å². The summed E-state index contributed by atoms with van der Waals surface area (Å²) in [6.45, 7) is 5.88. The van der Waals surface area contributed by atoms with Gasteiger partial charge >= 0.3 is 0 Å². The number of hydrogen-bond acceptors (Lipinski definition) is 4. The molecule has 0 fully saturated rings. The maximum absolute atomic E-state index is 13.2. The van der Waals surface area contributed by atoms with E-state index in [1.807, 2.05) is 32.9 Å². The van der Waals surface area contributed by atoms with Gasteiger partial charge in [-0.1, -0.05) is 41.6 Å². The number of carbonyl (C=O) groups excluding carboxylic acids is 2. The Morgan fingerprint density at radius 3 is 2.47 bits per heavy atom. The predicted molar refractivity (Wildman–Crippen MR) is 116 cm³/mol. The monoisotopic (exact) mass is 423 g/mol. The standard InChI is InChI=1S/C23H22FN3O2S/c1-13-8-14(2)22(15(3)9-13)26-21(29)12-30-23-19(11-25)18(10-20(28)27-23)16-4-6-17(24)7-5-16/h4-9,18H,10,12H2,1-3H3,(H,26,29)(H,27,28)/t18-/m0/s1. The molecule has 0 saturated carbocycles. The van der Waals surface area contributed by atoms with Crippen molar-refractivity contribution in [3.8, 4) is 6.07 Å². The maximum atomic E-state index is 13.2. The molecule has 1 heterocycles. The van der Waals surface area contributed by atoms with Crippen molar-refractivity contribution >= 4 is 29.3 Å². The summed E-state index contributed by atoms with van der Waals surface area (Å²) in [5, 5.41) is 15.7. The third-order valence-electron chi connectivity index (χ3n) is 4.92. The number of amides is 2. The van der Waals surface area contributed by atoms with Crippen LogP contribution in [0.25, 0.3) is 0 Å². The Kier molecular flexibility index (Phi) is 6.58. The van der Waals surface area contributed by atoms with Crippen molar-refractivity contribution in [2.24, 2.45) is 0 Å². The molecule has 0 unspecified atom stereocenters. The average molecular weight is 424 g/mol. The summed E-state index contributed by atoms with van der Waals surface area (Å²) in [6.07, 6.45) is 0.104. The highest BCUT2D eigenvalue weighted by Gasteiger charge is 2.30. The lowest BCUT2D eigenvalue weighted by molar-refractivity contribution is -0.121. The molecule has 30 heavy (non-hydrogen) atoms. The van der Waals surface area contributed by atoms with Gasteiger partial charge in [0.05, 0.1) is 22.4 Å². The first kappa shape index (κ1) is 21.6. The molecule has 154 valence electrons. The van der Waals surface area contributed by atoms with E-state index in [0.717, 1.165) is 34.1 Å². The van der Waals surface area contributed by atoms with Crippen molar-refractivity contribution in [3.63, 3.8) is 0 Å². The number of nitrogens with one attached hydrogen (secondary N) is 2. The second-order valence-corrected chi connectivity index (χ2v) is 8.31. The summed E-state index contributed by atoms with van der Waals surface area (Å²) in [6, 6.07) is 11.9. The maximum Gasteiger partial charge on any atom is 0.234 e. The summed E-state index contributed by atoms with van der Waals surface area (Å²) in [5.41, 5.74) is 4.92. The van der Waals surface area contributed by atoms with E-state index in [9.17, 15) is 19.2 Å². The Balaban J connectivity index is 1.77. The molecule has 1 atom stereocenters. The first-order valence-electron chi connectivity index (χ1n) is 9.48. The van der Waals surface area contributed by atoms with E-state index in [4.69, 9.17) is 0 Å². The molecule has 7 heteroatoms. The number of rotatable bonds is 5. The van der Waals surface area contributed by atoms with Crippen molar-refractivity contribution in [2.75, 3.05) is 11.1 Å². The fraction of sp³-hybridized carbons (Fsp3) is 0.261. The van der Waals surface area contributed by atoms with E-state index in [1.54, 1.807) is 12.1 Å².